The molecule has 0 saturated carbocycles. The van der Waals surface area contributed by atoms with Crippen LogP contribution in [0.15, 0.2) is 67.0 Å². The highest BCUT2D eigenvalue weighted by atomic mass is 16.2. The van der Waals surface area contributed by atoms with Crippen LogP contribution in [0.1, 0.15) is 18.5 Å². The Balaban J connectivity index is 1.74. The largest absolute Gasteiger partial charge is 0.331 e. The summed E-state index contributed by atoms with van der Waals surface area (Å²) >= 11 is 0. The van der Waals surface area contributed by atoms with Crippen LogP contribution in [0.4, 0.5) is 10.5 Å². The molecular weight excluding hydrogens is 274 g/mol. The van der Waals surface area contributed by atoms with Gasteiger partial charge in [0.05, 0.1) is 11.7 Å². The Bertz CT molecular complexity index is 781. The summed E-state index contributed by atoms with van der Waals surface area (Å²) in [5.41, 5.74) is 1.77. The number of carbonyl (C=O) groups excluding carboxylic acids is 1. The second-order valence-corrected chi connectivity index (χ2v) is 5.13. The molecule has 3 aromatic rings. The number of rotatable bonds is 3. The van der Waals surface area contributed by atoms with Gasteiger partial charge in [-0.15, -0.1) is 0 Å². The molecule has 1 aromatic heterocycles. The highest BCUT2D eigenvalue weighted by Crippen LogP contribution is 2.23. The van der Waals surface area contributed by atoms with Crippen molar-refractivity contribution in [3.8, 4) is 0 Å². The minimum Gasteiger partial charge on any atom is -0.331 e. The van der Waals surface area contributed by atoms with Gasteiger partial charge in [-0.3, -0.25) is 4.98 Å². The van der Waals surface area contributed by atoms with E-state index in [0.29, 0.717) is 0 Å². The number of hydrogen-bond donors (Lipinski definition) is 2. The van der Waals surface area contributed by atoms with Gasteiger partial charge in [-0.1, -0.05) is 42.5 Å². The highest BCUT2D eigenvalue weighted by Gasteiger charge is 2.10. The molecule has 4 heteroatoms. The summed E-state index contributed by atoms with van der Waals surface area (Å²) in [6, 6.07) is 17.3. The van der Waals surface area contributed by atoms with Gasteiger partial charge in [0.1, 0.15) is 0 Å². The topological polar surface area (TPSA) is 54.0 Å². The maximum atomic E-state index is 12.2. The van der Waals surface area contributed by atoms with Crippen molar-refractivity contribution in [1.29, 1.82) is 0 Å². The first-order valence-corrected chi connectivity index (χ1v) is 7.19. The first-order valence-electron chi connectivity index (χ1n) is 7.19. The molecule has 0 aliphatic rings. The summed E-state index contributed by atoms with van der Waals surface area (Å²) in [6.07, 6.45) is 3.47. The number of benzene rings is 2. The van der Waals surface area contributed by atoms with Crippen molar-refractivity contribution in [2.45, 2.75) is 13.0 Å². The summed E-state index contributed by atoms with van der Waals surface area (Å²) in [7, 11) is 0. The molecule has 0 saturated heterocycles. The number of carbonyl (C=O) groups is 1. The van der Waals surface area contributed by atoms with Crippen molar-refractivity contribution in [2.24, 2.45) is 0 Å². The minimum absolute atomic E-state index is 0.108. The van der Waals surface area contributed by atoms with Crippen LogP contribution in [-0.4, -0.2) is 11.0 Å². The molecule has 0 unspecified atom stereocenters. The van der Waals surface area contributed by atoms with Gasteiger partial charge in [-0.05, 0) is 30.0 Å². The maximum absolute atomic E-state index is 12.2. The summed E-state index contributed by atoms with van der Waals surface area (Å²) in [5.74, 6) is 0. The molecule has 1 heterocycles. The lowest BCUT2D eigenvalue weighted by molar-refractivity contribution is 0.249. The first kappa shape index (κ1) is 14.1. The van der Waals surface area contributed by atoms with Crippen LogP contribution < -0.4 is 10.6 Å². The SMILES string of the molecule is C[C@@H](NC(=O)Nc1cccc2ccccc12)c1cccnc1. The van der Waals surface area contributed by atoms with Gasteiger partial charge in [-0.25, -0.2) is 4.79 Å². The van der Waals surface area contributed by atoms with E-state index in [1.165, 1.54) is 0 Å². The third-order valence-electron chi connectivity index (χ3n) is 3.57. The fourth-order valence-electron chi connectivity index (χ4n) is 2.40. The van der Waals surface area contributed by atoms with E-state index in [4.69, 9.17) is 0 Å². The molecule has 0 fully saturated rings. The molecule has 2 N–H and O–H groups in total. The average Bonchev–Trinajstić information content (AvgIpc) is 2.56. The van der Waals surface area contributed by atoms with Gasteiger partial charge in [0.25, 0.3) is 0 Å². The second kappa shape index (κ2) is 6.26. The van der Waals surface area contributed by atoms with Gasteiger partial charge in [0.15, 0.2) is 0 Å². The molecule has 3 rings (SSSR count). The van der Waals surface area contributed by atoms with Crippen molar-refractivity contribution >= 4 is 22.5 Å². The van der Waals surface area contributed by atoms with Crippen LogP contribution in [0.5, 0.6) is 0 Å². The zero-order chi connectivity index (χ0) is 15.4. The normalized spacial score (nSPS) is 11.9. The van der Waals surface area contributed by atoms with Crippen LogP contribution in [0.2, 0.25) is 0 Å². The standard InChI is InChI=1S/C18H17N3O/c1-13(15-8-5-11-19-12-15)20-18(22)21-17-10-4-7-14-6-2-3-9-16(14)17/h2-13H,1H3,(H2,20,21,22)/t13-/m1/s1. The molecule has 22 heavy (non-hydrogen) atoms. The summed E-state index contributed by atoms with van der Waals surface area (Å²) in [6.45, 7) is 1.93. The third-order valence-corrected chi connectivity index (χ3v) is 3.57. The Morgan fingerprint density at radius 1 is 1.05 bits per heavy atom. The zero-order valence-electron chi connectivity index (χ0n) is 12.3. The van der Waals surface area contributed by atoms with Gasteiger partial charge in [0, 0.05) is 17.8 Å². The van der Waals surface area contributed by atoms with Gasteiger partial charge in [-0.2, -0.15) is 0 Å². The molecule has 2 aromatic carbocycles. The van der Waals surface area contributed by atoms with Crippen LogP contribution in [-0.2, 0) is 0 Å². The van der Waals surface area contributed by atoms with Gasteiger partial charge >= 0.3 is 6.03 Å². The maximum Gasteiger partial charge on any atom is 0.319 e. The van der Waals surface area contributed by atoms with E-state index >= 15 is 0 Å². The predicted molar refractivity (Wildman–Crippen MR) is 88.8 cm³/mol. The van der Waals surface area contributed by atoms with Crippen molar-refractivity contribution in [3.05, 3.63) is 72.6 Å². The van der Waals surface area contributed by atoms with Crippen molar-refractivity contribution < 1.29 is 4.79 Å². The fourth-order valence-corrected chi connectivity index (χ4v) is 2.40. The minimum atomic E-state index is -0.229. The molecule has 1 atom stereocenters. The molecule has 0 radical (unpaired) electrons. The van der Waals surface area contributed by atoms with E-state index in [2.05, 4.69) is 15.6 Å². The highest BCUT2D eigenvalue weighted by molar-refractivity contribution is 6.01. The van der Waals surface area contributed by atoms with Crippen LogP contribution >= 0.6 is 0 Å². The fraction of sp³-hybridized carbons (Fsp3) is 0.111. The average molecular weight is 291 g/mol. The monoisotopic (exact) mass is 291 g/mol. The molecule has 4 nitrogen and oxygen atoms in total. The molecule has 2 amide bonds. The van der Waals surface area contributed by atoms with Crippen LogP contribution in [0.25, 0.3) is 10.8 Å². The summed E-state index contributed by atoms with van der Waals surface area (Å²) in [4.78, 5) is 16.3. The lowest BCUT2D eigenvalue weighted by Crippen LogP contribution is -2.31. The molecule has 110 valence electrons. The predicted octanol–water partition coefficient (Wildman–Crippen LogP) is 4.12. The Morgan fingerprint density at radius 2 is 1.86 bits per heavy atom. The zero-order valence-corrected chi connectivity index (χ0v) is 12.3. The molecule has 0 bridgehead atoms. The smallest absolute Gasteiger partial charge is 0.319 e. The Morgan fingerprint density at radius 3 is 2.68 bits per heavy atom. The quantitative estimate of drug-likeness (QED) is 0.762. The van der Waals surface area contributed by atoms with Gasteiger partial charge < -0.3 is 10.6 Å². The van der Waals surface area contributed by atoms with E-state index in [0.717, 1.165) is 22.0 Å². The first-order chi connectivity index (χ1) is 10.7. The number of fused-ring (bicyclic) bond motifs is 1. The van der Waals surface area contributed by atoms with E-state index in [1.54, 1.807) is 12.4 Å². The number of hydrogen-bond acceptors (Lipinski definition) is 2. The number of aromatic nitrogens is 1. The number of urea groups is 1. The molecule has 0 aliphatic carbocycles. The lowest BCUT2D eigenvalue weighted by Gasteiger charge is -2.15. The summed E-state index contributed by atoms with van der Waals surface area (Å²) in [5, 5.41) is 7.95. The van der Waals surface area contributed by atoms with Crippen LogP contribution in [0.3, 0.4) is 0 Å². The second-order valence-electron chi connectivity index (χ2n) is 5.13. The molecular formula is C18H17N3O. The third kappa shape index (κ3) is 3.06. The van der Waals surface area contributed by atoms with E-state index < -0.39 is 0 Å². The molecule has 0 aliphatic heterocycles. The van der Waals surface area contributed by atoms with E-state index in [9.17, 15) is 4.79 Å². The van der Waals surface area contributed by atoms with Crippen LogP contribution in [0, 0.1) is 0 Å². The van der Waals surface area contributed by atoms with E-state index in [-0.39, 0.29) is 12.1 Å². The van der Waals surface area contributed by atoms with Crippen molar-refractivity contribution in [3.63, 3.8) is 0 Å². The number of nitrogens with zero attached hydrogens (tertiary/aromatic N) is 1. The number of nitrogens with one attached hydrogen (secondary N) is 2. The lowest BCUT2D eigenvalue weighted by atomic mass is 10.1. The van der Waals surface area contributed by atoms with E-state index in [1.807, 2.05) is 61.5 Å². The molecule has 0 spiro atoms. The Labute approximate surface area is 129 Å². The number of anilines is 1. The Kier molecular flexibility index (Phi) is 4.01. The Hall–Kier alpha value is -2.88. The number of amides is 2. The van der Waals surface area contributed by atoms with Gasteiger partial charge in [0.2, 0.25) is 0 Å². The number of pyridine rings is 1. The van der Waals surface area contributed by atoms with Crippen molar-refractivity contribution in [1.82, 2.24) is 10.3 Å². The van der Waals surface area contributed by atoms with Crippen molar-refractivity contribution in [2.75, 3.05) is 5.32 Å². The summed E-state index contributed by atoms with van der Waals surface area (Å²) < 4.78 is 0.